The van der Waals surface area contributed by atoms with Crippen molar-refractivity contribution in [2.45, 2.75) is 44.9 Å². The molecule has 2 heterocycles. The minimum Gasteiger partial charge on any atom is -0.445 e. The Morgan fingerprint density at radius 1 is 1.19 bits per heavy atom. The zero-order valence-electron chi connectivity index (χ0n) is 14.8. The van der Waals surface area contributed by atoms with E-state index >= 15 is 0 Å². The molecule has 0 aliphatic carbocycles. The quantitative estimate of drug-likeness (QED) is 0.706. The third kappa shape index (κ3) is 3.36. The van der Waals surface area contributed by atoms with E-state index in [1.165, 1.54) is 11.1 Å². The zero-order chi connectivity index (χ0) is 18.1. The van der Waals surface area contributed by atoms with Crippen molar-refractivity contribution in [3.63, 3.8) is 0 Å². The lowest BCUT2D eigenvalue weighted by molar-refractivity contribution is 0.0832. The first-order valence-electron chi connectivity index (χ1n) is 9.08. The van der Waals surface area contributed by atoms with Crippen molar-refractivity contribution in [1.82, 2.24) is 4.90 Å². The second-order valence-corrected chi connectivity index (χ2v) is 7.51. The predicted octanol–water partition coefficient (Wildman–Crippen LogP) is 5.61. The lowest BCUT2D eigenvalue weighted by Crippen LogP contribution is -2.43. The maximum Gasteiger partial charge on any atom is 0.410 e. The monoisotopic (exact) mass is 367 g/mol. The number of nitrogens with zero attached hydrogens (tertiary/aromatic N) is 1. The zero-order valence-corrected chi connectivity index (χ0v) is 15.6. The van der Waals surface area contributed by atoms with Crippen molar-refractivity contribution in [2.24, 2.45) is 0 Å². The van der Waals surface area contributed by atoms with Crippen LogP contribution in [0.15, 0.2) is 54.6 Å². The molecule has 2 atom stereocenters. The van der Waals surface area contributed by atoms with Crippen molar-refractivity contribution in [3.05, 3.63) is 76.3 Å². The topological polar surface area (TPSA) is 29.5 Å². The standard InChI is InChI=1S/C22H22ClNO2/c1-15-11-17(7-10-21(15)23)18-12-19-8-9-20(13-18)24(19)22(25)26-14-16-5-3-2-4-6-16/h2-7,10-12,19-20H,8-9,13-14H2,1H3. The molecule has 2 unspecified atom stereocenters. The number of carbonyl (C=O) groups is 1. The van der Waals surface area contributed by atoms with E-state index in [4.69, 9.17) is 16.3 Å². The predicted molar refractivity (Wildman–Crippen MR) is 104 cm³/mol. The summed E-state index contributed by atoms with van der Waals surface area (Å²) >= 11 is 6.15. The van der Waals surface area contributed by atoms with Gasteiger partial charge in [0.15, 0.2) is 0 Å². The van der Waals surface area contributed by atoms with Gasteiger partial charge in [0.1, 0.15) is 6.61 Å². The number of rotatable bonds is 3. The second kappa shape index (κ2) is 7.16. The highest BCUT2D eigenvalue weighted by Gasteiger charge is 2.40. The van der Waals surface area contributed by atoms with Crippen molar-refractivity contribution < 1.29 is 9.53 Å². The number of hydrogen-bond acceptors (Lipinski definition) is 2. The highest BCUT2D eigenvalue weighted by atomic mass is 35.5. The van der Waals surface area contributed by atoms with Crippen molar-refractivity contribution in [2.75, 3.05) is 0 Å². The number of halogens is 1. The number of hydrogen-bond donors (Lipinski definition) is 0. The molecule has 2 aliphatic heterocycles. The molecule has 134 valence electrons. The lowest BCUT2D eigenvalue weighted by atomic mass is 9.94. The first-order valence-corrected chi connectivity index (χ1v) is 9.46. The van der Waals surface area contributed by atoms with Crippen molar-refractivity contribution in [3.8, 4) is 0 Å². The number of benzene rings is 2. The van der Waals surface area contributed by atoms with E-state index in [1.807, 2.05) is 48.2 Å². The van der Waals surface area contributed by atoms with Gasteiger partial charge in [0.25, 0.3) is 0 Å². The van der Waals surface area contributed by atoms with Gasteiger partial charge < -0.3 is 4.74 Å². The molecule has 1 saturated heterocycles. The molecule has 0 spiro atoms. The SMILES string of the molecule is Cc1cc(C2=CC3CCC(C2)N3C(=O)OCc2ccccc2)ccc1Cl. The molecule has 0 N–H and O–H groups in total. The Morgan fingerprint density at radius 2 is 2.00 bits per heavy atom. The molecule has 2 aliphatic rings. The average molecular weight is 368 g/mol. The summed E-state index contributed by atoms with van der Waals surface area (Å²) < 4.78 is 5.56. The Bertz CT molecular complexity index is 846. The largest absolute Gasteiger partial charge is 0.445 e. The maximum absolute atomic E-state index is 12.6. The highest BCUT2D eigenvalue weighted by molar-refractivity contribution is 6.31. The Labute approximate surface area is 159 Å². The van der Waals surface area contributed by atoms with Gasteiger partial charge in [-0.2, -0.15) is 0 Å². The number of amides is 1. The van der Waals surface area contributed by atoms with E-state index in [0.717, 1.165) is 35.4 Å². The summed E-state index contributed by atoms with van der Waals surface area (Å²) in [5, 5.41) is 0.791. The summed E-state index contributed by atoms with van der Waals surface area (Å²) in [4.78, 5) is 14.6. The molecule has 26 heavy (non-hydrogen) atoms. The van der Waals surface area contributed by atoms with Crippen LogP contribution in [-0.4, -0.2) is 23.1 Å². The van der Waals surface area contributed by atoms with Crippen molar-refractivity contribution >= 4 is 23.3 Å². The molecule has 3 nitrogen and oxygen atoms in total. The van der Waals surface area contributed by atoms with Crippen molar-refractivity contribution in [1.29, 1.82) is 0 Å². The van der Waals surface area contributed by atoms with Gasteiger partial charge in [-0.1, -0.05) is 60.1 Å². The molecule has 1 amide bonds. The van der Waals surface area contributed by atoms with E-state index < -0.39 is 0 Å². The molecule has 4 heteroatoms. The summed E-state index contributed by atoms with van der Waals surface area (Å²) in [5.74, 6) is 0. The van der Waals surface area contributed by atoms with Crippen LogP contribution < -0.4 is 0 Å². The summed E-state index contributed by atoms with van der Waals surface area (Å²) in [6, 6.07) is 16.3. The summed E-state index contributed by atoms with van der Waals surface area (Å²) in [7, 11) is 0. The van der Waals surface area contributed by atoms with Crippen LogP contribution in [0.1, 0.15) is 36.0 Å². The minimum atomic E-state index is -0.205. The van der Waals surface area contributed by atoms with Gasteiger partial charge in [-0.05, 0) is 54.5 Å². The highest BCUT2D eigenvalue weighted by Crippen LogP contribution is 2.39. The second-order valence-electron chi connectivity index (χ2n) is 7.11. The van der Waals surface area contributed by atoms with Gasteiger partial charge in [0, 0.05) is 11.1 Å². The van der Waals surface area contributed by atoms with Crippen LogP contribution in [0.2, 0.25) is 5.02 Å². The molecule has 4 rings (SSSR count). The van der Waals surface area contributed by atoms with Crippen LogP contribution in [0.5, 0.6) is 0 Å². The van der Waals surface area contributed by atoms with Crippen LogP contribution in [0.4, 0.5) is 4.79 Å². The van der Waals surface area contributed by atoms with Gasteiger partial charge in [0.05, 0.1) is 6.04 Å². The van der Waals surface area contributed by atoms with Gasteiger partial charge in [-0.25, -0.2) is 4.79 Å². The first kappa shape index (κ1) is 17.2. The summed E-state index contributed by atoms with van der Waals surface area (Å²) in [5.41, 5.74) is 4.62. The van der Waals surface area contributed by atoms with E-state index in [0.29, 0.717) is 6.61 Å². The van der Waals surface area contributed by atoms with E-state index in [9.17, 15) is 4.79 Å². The number of fused-ring (bicyclic) bond motifs is 2. The van der Waals surface area contributed by atoms with Gasteiger partial charge in [-0.3, -0.25) is 4.90 Å². The van der Waals surface area contributed by atoms with Crippen LogP contribution in [-0.2, 0) is 11.3 Å². The molecule has 0 aromatic heterocycles. The maximum atomic E-state index is 12.6. The van der Waals surface area contributed by atoms with E-state index in [-0.39, 0.29) is 18.2 Å². The summed E-state index contributed by atoms with van der Waals surface area (Å²) in [6.45, 7) is 2.35. The normalized spacial score (nSPS) is 21.5. The first-order chi connectivity index (χ1) is 12.6. The smallest absolute Gasteiger partial charge is 0.410 e. The minimum absolute atomic E-state index is 0.128. The third-order valence-electron chi connectivity index (χ3n) is 5.34. The molecule has 0 saturated carbocycles. The Kier molecular flexibility index (Phi) is 4.73. The van der Waals surface area contributed by atoms with Crippen LogP contribution in [0.3, 0.4) is 0 Å². The average Bonchev–Trinajstić information content (AvgIpc) is 2.92. The van der Waals surface area contributed by atoms with Gasteiger partial charge in [0.2, 0.25) is 0 Å². The molecular weight excluding hydrogens is 346 g/mol. The van der Waals surface area contributed by atoms with E-state index in [1.54, 1.807) is 0 Å². The Balaban J connectivity index is 1.47. The van der Waals surface area contributed by atoms with Crippen LogP contribution >= 0.6 is 11.6 Å². The fraction of sp³-hybridized carbons (Fsp3) is 0.318. The van der Waals surface area contributed by atoms with Crippen LogP contribution in [0, 0.1) is 6.92 Å². The summed E-state index contributed by atoms with van der Waals surface area (Å²) in [6.07, 6.45) is 4.93. The fourth-order valence-electron chi connectivity index (χ4n) is 3.97. The number of carbonyl (C=O) groups excluding carboxylic acids is 1. The van der Waals surface area contributed by atoms with Gasteiger partial charge in [-0.15, -0.1) is 0 Å². The number of aryl methyl sites for hydroxylation is 1. The lowest BCUT2D eigenvalue weighted by Gasteiger charge is -2.33. The van der Waals surface area contributed by atoms with Crippen LogP contribution in [0.25, 0.3) is 5.57 Å². The molecule has 1 fully saturated rings. The van der Waals surface area contributed by atoms with Gasteiger partial charge >= 0.3 is 6.09 Å². The molecule has 2 bridgehead atoms. The molecule has 2 aromatic carbocycles. The Hall–Kier alpha value is -2.26. The third-order valence-corrected chi connectivity index (χ3v) is 5.76. The Morgan fingerprint density at radius 3 is 2.73 bits per heavy atom. The van der Waals surface area contributed by atoms with E-state index in [2.05, 4.69) is 18.2 Å². The molecule has 0 radical (unpaired) electrons. The molecule has 2 aromatic rings. The number of ether oxygens (including phenoxy) is 1. The molecular formula is C22H22ClNO2. The fourth-order valence-corrected chi connectivity index (χ4v) is 4.08.